The first kappa shape index (κ1) is 13.6. The Hall–Kier alpha value is -1.85. The number of nitrogens with zero attached hydrogens (tertiary/aromatic N) is 2. The van der Waals surface area contributed by atoms with Crippen molar-refractivity contribution in [2.75, 3.05) is 6.54 Å². The summed E-state index contributed by atoms with van der Waals surface area (Å²) in [6, 6.07) is 1.90. The van der Waals surface area contributed by atoms with Gasteiger partial charge in [0.15, 0.2) is 0 Å². The smallest absolute Gasteiger partial charge is 0.307 e. The lowest BCUT2D eigenvalue weighted by molar-refractivity contribution is -0.140. The quantitative estimate of drug-likeness (QED) is 0.809. The fourth-order valence-electron chi connectivity index (χ4n) is 2.66. The zero-order valence-corrected chi connectivity index (χ0v) is 11.4. The molecule has 0 bridgehead atoms. The van der Waals surface area contributed by atoms with Gasteiger partial charge in [-0.05, 0) is 11.5 Å². The molecular weight excluding hydrogens is 246 g/mol. The van der Waals surface area contributed by atoms with Crippen LogP contribution in [0.1, 0.15) is 19.5 Å². The minimum absolute atomic E-state index is 0.167. The van der Waals surface area contributed by atoms with Gasteiger partial charge in [0, 0.05) is 31.9 Å². The molecule has 6 heteroatoms. The minimum Gasteiger partial charge on any atom is -0.481 e. The number of carboxylic acid groups (broad SMARTS) is 1. The lowest BCUT2D eigenvalue weighted by Gasteiger charge is -2.06. The molecule has 2 atom stereocenters. The Morgan fingerprint density at radius 3 is 2.63 bits per heavy atom. The first-order valence-corrected chi connectivity index (χ1v) is 6.33. The summed E-state index contributed by atoms with van der Waals surface area (Å²) >= 11 is 0. The Kier molecular flexibility index (Phi) is 3.34. The van der Waals surface area contributed by atoms with Gasteiger partial charge < -0.3 is 10.4 Å². The van der Waals surface area contributed by atoms with Crippen LogP contribution in [0.5, 0.6) is 0 Å². The Morgan fingerprint density at radius 1 is 1.47 bits per heavy atom. The van der Waals surface area contributed by atoms with Gasteiger partial charge in [-0.15, -0.1) is 0 Å². The summed E-state index contributed by atoms with van der Waals surface area (Å²) < 4.78 is 1.76. The Bertz CT molecular complexity index is 507. The van der Waals surface area contributed by atoms with Crippen molar-refractivity contribution >= 4 is 11.9 Å². The van der Waals surface area contributed by atoms with E-state index in [1.54, 1.807) is 10.9 Å². The van der Waals surface area contributed by atoms with E-state index >= 15 is 0 Å². The van der Waals surface area contributed by atoms with E-state index in [0.29, 0.717) is 13.0 Å². The molecule has 1 aromatic rings. The molecule has 1 aromatic heterocycles. The summed E-state index contributed by atoms with van der Waals surface area (Å²) in [5.74, 6) is -2.04. The van der Waals surface area contributed by atoms with E-state index in [-0.39, 0.29) is 5.91 Å². The number of carbonyl (C=O) groups excluding carboxylic acids is 1. The lowest BCUT2D eigenvalue weighted by Crippen LogP contribution is -2.29. The maximum absolute atomic E-state index is 12.0. The molecule has 0 aromatic carbocycles. The fraction of sp³-hybridized carbons (Fsp3) is 0.615. The van der Waals surface area contributed by atoms with E-state index in [1.807, 2.05) is 27.0 Å². The lowest BCUT2D eigenvalue weighted by atomic mass is 10.1. The molecule has 0 radical (unpaired) electrons. The third-order valence-corrected chi connectivity index (χ3v) is 3.98. The van der Waals surface area contributed by atoms with E-state index in [9.17, 15) is 9.59 Å². The number of aryl methyl sites for hydroxylation is 1. The topological polar surface area (TPSA) is 84.2 Å². The van der Waals surface area contributed by atoms with Crippen LogP contribution < -0.4 is 5.32 Å². The third-order valence-electron chi connectivity index (χ3n) is 3.98. The molecule has 1 amide bonds. The normalized spacial score (nSPS) is 23.9. The van der Waals surface area contributed by atoms with Crippen LogP contribution in [0.4, 0.5) is 0 Å². The van der Waals surface area contributed by atoms with Crippen LogP contribution in [0.25, 0.3) is 0 Å². The van der Waals surface area contributed by atoms with Gasteiger partial charge >= 0.3 is 5.97 Å². The third kappa shape index (κ3) is 2.47. The van der Waals surface area contributed by atoms with Crippen LogP contribution in [-0.2, 0) is 23.1 Å². The van der Waals surface area contributed by atoms with Gasteiger partial charge in [-0.1, -0.05) is 13.8 Å². The number of carbonyl (C=O) groups is 2. The van der Waals surface area contributed by atoms with Gasteiger partial charge in [-0.3, -0.25) is 14.3 Å². The van der Waals surface area contributed by atoms with Gasteiger partial charge in [0.25, 0.3) is 0 Å². The van der Waals surface area contributed by atoms with Crippen LogP contribution in [0.15, 0.2) is 12.3 Å². The highest BCUT2D eigenvalue weighted by Crippen LogP contribution is 2.58. The molecule has 0 aliphatic heterocycles. The predicted molar refractivity (Wildman–Crippen MR) is 68.3 cm³/mol. The van der Waals surface area contributed by atoms with E-state index in [1.165, 1.54) is 0 Å². The van der Waals surface area contributed by atoms with Crippen molar-refractivity contribution in [2.24, 2.45) is 24.3 Å². The summed E-state index contributed by atoms with van der Waals surface area (Å²) in [5, 5.41) is 15.9. The number of aliphatic carboxylic acids is 1. The van der Waals surface area contributed by atoms with Gasteiger partial charge in [0.2, 0.25) is 5.91 Å². The molecule has 2 rings (SSSR count). The summed E-state index contributed by atoms with van der Waals surface area (Å²) in [7, 11) is 1.85. The highest BCUT2D eigenvalue weighted by atomic mass is 16.4. The SMILES string of the molecule is Cn1nccc1CCNC(=O)C1C(C(=O)O)C1(C)C. The number of hydrogen-bond donors (Lipinski definition) is 2. The standard InChI is InChI=1S/C13H19N3O3/c1-13(2)9(10(13)12(18)19)11(17)14-6-4-8-5-7-15-16(8)3/h5,7,9-10H,4,6H2,1-3H3,(H,14,17)(H,18,19). The summed E-state index contributed by atoms with van der Waals surface area (Å²) in [6.45, 7) is 4.13. The maximum atomic E-state index is 12.0. The predicted octanol–water partition coefficient (Wildman–Crippen LogP) is 0.436. The largest absolute Gasteiger partial charge is 0.481 e. The molecule has 2 N–H and O–H groups in total. The molecule has 1 aliphatic rings. The first-order valence-electron chi connectivity index (χ1n) is 6.33. The molecule has 1 heterocycles. The maximum Gasteiger partial charge on any atom is 0.307 e. The molecule has 1 aliphatic carbocycles. The van der Waals surface area contributed by atoms with Crippen molar-refractivity contribution in [1.29, 1.82) is 0 Å². The Balaban J connectivity index is 1.83. The second-order valence-electron chi connectivity index (χ2n) is 5.60. The highest BCUT2D eigenvalue weighted by Gasteiger charge is 2.65. The number of hydrogen-bond acceptors (Lipinski definition) is 3. The zero-order chi connectivity index (χ0) is 14.2. The van der Waals surface area contributed by atoms with E-state index in [0.717, 1.165) is 5.69 Å². The van der Waals surface area contributed by atoms with Crippen molar-refractivity contribution in [1.82, 2.24) is 15.1 Å². The molecule has 0 spiro atoms. The van der Waals surface area contributed by atoms with Crippen LogP contribution in [0, 0.1) is 17.3 Å². The molecule has 104 valence electrons. The average molecular weight is 265 g/mol. The van der Waals surface area contributed by atoms with Crippen LogP contribution in [-0.4, -0.2) is 33.3 Å². The number of nitrogens with one attached hydrogen (secondary N) is 1. The van der Waals surface area contributed by atoms with Crippen LogP contribution in [0.3, 0.4) is 0 Å². The van der Waals surface area contributed by atoms with Crippen molar-refractivity contribution in [2.45, 2.75) is 20.3 Å². The molecule has 1 fully saturated rings. The minimum atomic E-state index is -0.892. The molecule has 6 nitrogen and oxygen atoms in total. The molecule has 1 saturated carbocycles. The summed E-state index contributed by atoms with van der Waals surface area (Å²) in [6.07, 6.45) is 2.40. The van der Waals surface area contributed by atoms with E-state index in [4.69, 9.17) is 5.11 Å². The van der Waals surface area contributed by atoms with Crippen molar-refractivity contribution in [3.8, 4) is 0 Å². The van der Waals surface area contributed by atoms with Crippen molar-refractivity contribution < 1.29 is 14.7 Å². The molecule has 0 saturated heterocycles. The van der Waals surface area contributed by atoms with Crippen LogP contribution >= 0.6 is 0 Å². The van der Waals surface area contributed by atoms with Gasteiger partial charge in [-0.25, -0.2) is 0 Å². The number of aromatic nitrogens is 2. The molecule has 19 heavy (non-hydrogen) atoms. The Labute approximate surface area is 111 Å². The fourth-order valence-corrected chi connectivity index (χ4v) is 2.66. The number of rotatable bonds is 5. The second kappa shape index (κ2) is 4.68. The first-order chi connectivity index (χ1) is 8.85. The summed E-state index contributed by atoms with van der Waals surface area (Å²) in [4.78, 5) is 23.0. The zero-order valence-electron chi connectivity index (χ0n) is 11.4. The van der Waals surface area contributed by atoms with E-state index < -0.39 is 23.2 Å². The van der Waals surface area contributed by atoms with Crippen molar-refractivity contribution in [3.05, 3.63) is 18.0 Å². The van der Waals surface area contributed by atoms with Gasteiger partial charge in [0.1, 0.15) is 0 Å². The average Bonchev–Trinajstić information content (AvgIpc) is 2.66. The van der Waals surface area contributed by atoms with Crippen molar-refractivity contribution in [3.63, 3.8) is 0 Å². The number of carboxylic acids is 1. The second-order valence-corrected chi connectivity index (χ2v) is 5.60. The monoisotopic (exact) mass is 265 g/mol. The van der Waals surface area contributed by atoms with E-state index in [2.05, 4.69) is 10.4 Å². The Morgan fingerprint density at radius 2 is 2.16 bits per heavy atom. The molecule has 2 unspecified atom stereocenters. The van der Waals surface area contributed by atoms with Gasteiger partial charge in [0.05, 0.1) is 11.8 Å². The van der Waals surface area contributed by atoms with Crippen LogP contribution in [0.2, 0.25) is 0 Å². The van der Waals surface area contributed by atoms with Gasteiger partial charge in [-0.2, -0.15) is 5.10 Å². The highest BCUT2D eigenvalue weighted by molar-refractivity contribution is 5.91. The number of amides is 1. The molecular formula is C13H19N3O3. The summed E-state index contributed by atoms with van der Waals surface area (Å²) in [5.41, 5.74) is 0.591.